The van der Waals surface area contributed by atoms with Gasteiger partial charge < -0.3 is 5.11 Å². The third-order valence-corrected chi connectivity index (χ3v) is 11.7. The van der Waals surface area contributed by atoms with Crippen LogP contribution in [0, 0.1) is 22.8 Å². The number of rotatable bonds is 10. The summed E-state index contributed by atoms with van der Waals surface area (Å²) in [6.45, 7) is 16.6. The van der Waals surface area contributed by atoms with Crippen molar-refractivity contribution in [3.05, 3.63) is 96.5 Å². The van der Waals surface area contributed by atoms with E-state index in [1.54, 1.807) is 17.7 Å². The van der Waals surface area contributed by atoms with E-state index >= 15 is 0 Å². The van der Waals surface area contributed by atoms with Gasteiger partial charge in [-0.15, -0.1) is 40.5 Å². The fraction of sp³-hybridized carbons (Fsp3) is 0.372. The van der Waals surface area contributed by atoms with Crippen molar-refractivity contribution in [2.45, 2.75) is 87.5 Å². The van der Waals surface area contributed by atoms with Gasteiger partial charge in [0, 0.05) is 52.8 Å². The van der Waals surface area contributed by atoms with Gasteiger partial charge in [0.05, 0.1) is 0 Å². The van der Waals surface area contributed by atoms with Crippen molar-refractivity contribution in [2.24, 2.45) is 16.7 Å². The molecule has 0 spiro atoms. The molecule has 0 aliphatic heterocycles. The Hall–Kier alpha value is -3.44. The van der Waals surface area contributed by atoms with E-state index in [2.05, 4.69) is 91.6 Å². The summed E-state index contributed by atoms with van der Waals surface area (Å²) in [5.41, 5.74) is 2.78. The molecule has 0 saturated heterocycles. The molecule has 0 saturated carbocycles. The van der Waals surface area contributed by atoms with Crippen LogP contribution in [0.5, 0.6) is 0 Å². The maximum atomic E-state index is 12.2. The molecule has 0 unspecified atom stereocenters. The van der Waals surface area contributed by atoms with Crippen molar-refractivity contribution >= 4 is 59.0 Å². The van der Waals surface area contributed by atoms with E-state index in [9.17, 15) is 9.90 Å². The number of carbonyl (C=O) groups is 1. The molecule has 0 amide bonds. The van der Waals surface area contributed by atoms with Gasteiger partial charge in [0.15, 0.2) is 5.78 Å². The zero-order chi connectivity index (χ0) is 34.6. The molecule has 49 heavy (non-hydrogen) atoms. The molecule has 0 fully saturated rings. The largest absolute Gasteiger partial charge is 0.512 e. The van der Waals surface area contributed by atoms with Gasteiger partial charge in [0.1, 0.15) is 16.9 Å². The minimum absolute atomic E-state index is 0. The molecule has 259 valence electrons. The molecule has 2 heterocycles. The molecule has 2 aromatic heterocycles. The van der Waals surface area contributed by atoms with Crippen molar-refractivity contribution in [3.63, 3.8) is 0 Å². The quantitative estimate of drug-likeness (QED) is 0.0847. The van der Waals surface area contributed by atoms with E-state index in [1.165, 1.54) is 37.9 Å². The topological polar surface area (TPSA) is 63.1 Å². The van der Waals surface area contributed by atoms with E-state index < -0.39 is 0 Å². The average molecular weight is 850 g/mol. The summed E-state index contributed by atoms with van der Waals surface area (Å²) >= 11 is 1.75. The fourth-order valence-electron chi connectivity index (χ4n) is 6.27. The van der Waals surface area contributed by atoms with Crippen molar-refractivity contribution in [1.82, 2.24) is 9.97 Å². The van der Waals surface area contributed by atoms with Crippen LogP contribution in [0.4, 0.5) is 0 Å². The third kappa shape index (κ3) is 7.83. The summed E-state index contributed by atoms with van der Waals surface area (Å²) in [6.07, 6.45) is 7.48. The summed E-state index contributed by atoms with van der Waals surface area (Å²) in [5.74, 6) is 0.867. The first-order valence-electron chi connectivity index (χ1n) is 17.4. The van der Waals surface area contributed by atoms with Crippen LogP contribution in [-0.2, 0) is 31.3 Å². The number of aliphatic hydroxyl groups is 1. The van der Waals surface area contributed by atoms with E-state index in [0.29, 0.717) is 5.92 Å². The minimum Gasteiger partial charge on any atom is -0.512 e. The van der Waals surface area contributed by atoms with Gasteiger partial charge >= 0.3 is 0 Å². The molecule has 0 aliphatic carbocycles. The number of thiophene rings is 1. The van der Waals surface area contributed by atoms with Crippen molar-refractivity contribution in [1.29, 1.82) is 0 Å². The number of fused-ring (bicyclic) bond motifs is 6. The molecular weight excluding hydrogens is 801 g/mol. The number of nitrogens with zero attached hydrogens (tertiary/aromatic N) is 2. The minimum atomic E-state index is -0.337. The van der Waals surface area contributed by atoms with Gasteiger partial charge in [-0.2, -0.15) is 0 Å². The second-order valence-electron chi connectivity index (χ2n) is 13.9. The van der Waals surface area contributed by atoms with Gasteiger partial charge in [0.2, 0.25) is 0 Å². The standard InChI is InChI=1S/C28H21N2S.C15H28O2.Ir/c1-17(2)13-20-15-21(14-19-8-4-5-9-22(19)20)26-25-24-12-11-18-7-3-6-10-23(18)27(24)31-28(25)30-16-29-26;1-7-14(5,8-2)12(16)11-13(17)15(6,9-3)10-4;/h3-12,15-17H,13H2,1-2H3;11,16H,7-10H2,1-6H3;/q-1;;/b;12-11-;. The molecule has 4 aromatic carbocycles. The summed E-state index contributed by atoms with van der Waals surface area (Å²) in [4.78, 5) is 22.6. The van der Waals surface area contributed by atoms with Gasteiger partial charge in [0.25, 0.3) is 0 Å². The Bertz CT molecular complexity index is 2100. The van der Waals surface area contributed by atoms with Crippen molar-refractivity contribution in [3.8, 4) is 11.3 Å². The monoisotopic (exact) mass is 850 g/mol. The number of hydrogen-bond acceptors (Lipinski definition) is 5. The van der Waals surface area contributed by atoms with Crippen molar-refractivity contribution in [2.75, 3.05) is 0 Å². The summed E-state index contributed by atoms with van der Waals surface area (Å²) in [6, 6.07) is 27.5. The second-order valence-corrected chi connectivity index (χ2v) is 14.9. The summed E-state index contributed by atoms with van der Waals surface area (Å²) in [5, 5.41) is 17.5. The smallest absolute Gasteiger partial charge is 0.164 e. The molecule has 1 radical (unpaired) electrons. The number of benzene rings is 4. The first-order chi connectivity index (χ1) is 23.0. The van der Waals surface area contributed by atoms with E-state index in [1.807, 2.05) is 41.5 Å². The average Bonchev–Trinajstić information content (AvgIpc) is 3.50. The first kappa shape index (κ1) is 38.4. The number of hydrogen-bond donors (Lipinski definition) is 1. The Labute approximate surface area is 309 Å². The zero-order valence-electron chi connectivity index (χ0n) is 30.1. The zero-order valence-corrected chi connectivity index (χ0v) is 33.3. The number of aliphatic hydroxyl groups excluding tert-OH is 1. The number of carbonyl (C=O) groups excluding carboxylic acids is 1. The van der Waals surface area contributed by atoms with Crippen LogP contribution in [0.15, 0.2) is 84.9 Å². The molecule has 0 aliphatic rings. The van der Waals surface area contributed by atoms with Crippen molar-refractivity contribution < 1.29 is 30.0 Å². The van der Waals surface area contributed by atoms with Crippen LogP contribution in [0.25, 0.3) is 53.1 Å². The Balaban J connectivity index is 0.000000260. The predicted octanol–water partition coefficient (Wildman–Crippen LogP) is 12.5. The van der Waals surface area contributed by atoms with Gasteiger partial charge in [-0.1, -0.05) is 121 Å². The van der Waals surface area contributed by atoms with Crippen LogP contribution in [0.2, 0.25) is 0 Å². The Morgan fingerprint density at radius 3 is 2.14 bits per heavy atom. The Morgan fingerprint density at radius 1 is 0.857 bits per heavy atom. The van der Waals surface area contributed by atoms with E-state index in [0.717, 1.165) is 59.0 Å². The molecule has 6 heteroatoms. The Morgan fingerprint density at radius 2 is 1.49 bits per heavy atom. The molecule has 0 bridgehead atoms. The molecular formula is C43H49IrN2O2S-. The summed E-state index contributed by atoms with van der Waals surface area (Å²) < 4.78 is 1.28. The van der Waals surface area contributed by atoms with E-state index in [-0.39, 0.29) is 42.5 Å². The number of allylic oxidation sites excluding steroid dienone is 2. The van der Waals surface area contributed by atoms with Crippen LogP contribution in [0.3, 0.4) is 0 Å². The third-order valence-electron chi connectivity index (χ3n) is 10.5. The molecule has 1 N–H and O–H groups in total. The van der Waals surface area contributed by atoms with Gasteiger partial charge in [-0.05, 0) is 54.2 Å². The summed E-state index contributed by atoms with van der Waals surface area (Å²) in [7, 11) is 0. The molecule has 6 aromatic rings. The van der Waals surface area contributed by atoms with Crippen LogP contribution < -0.4 is 0 Å². The van der Waals surface area contributed by atoms with Gasteiger partial charge in [-0.25, -0.2) is 4.98 Å². The number of aromatic nitrogens is 2. The van der Waals surface area contributed by atoms with Crippen LogP contribution in [-0.4, -0.2) is 20.9 Å². The fourth-order valence-corrected chi connectivity index (χ4v) is 7.44. The first-order valence-corrected chi connectivity index (χ1v) is 18.2. The Kier molecular flexibility index (Phi) is 12.6. The second kappa shape index (κ2) is 16.1. The maximum Gasteiger partial charge on any atom is 0.164 e. The normalized spacial score (nSPS) is 12.4. The van der Waals surface area contributed by atoms with Crippen LogP contribution >= 0.6 is 11.3 Å². The van der Waals surface area contributed by atoms with Gasteiger partial charge in [-0.3, -0.25) is 9.78 Å². The molecule has 0 atom stereocenters. The van der Waals surface area contributed by atoms with Crippen LogP contribution in [0.1, 0.15) is 86.6 Å². The molecule has 6 rings (SSSR count). The maximum absolute atomic E-state index is 12.2. The SMILES string of the molecule is CC(C)Cc1cc(-c2ncnc3sc4c5ccccc5ccc4c23)[c-]c2ccccc12.CCC(C)(CC)C(=O)/C=C(\O)C(C)(CC)CC.[Ir]. The van der Waals surface area contributed by atoms with E-state index in [4.69, 9.17) is 4.98 Å². The predicted molar refractivity (Wildman–Crippen MR) is 206 cm³/mol. The number of ketones is 1. The molecule has 4 nitrogen and oxygen atoms in total.